The summed E-state index contributed by atoms with van der Waals surface area (Å²) in [7, 11) is 0. The molecule has 186 valence electrons. The first-order valence-electron chi connectivity index (χ1n) is 11.8. The maximum Gasteiger partial charge on any atom is 0.415 e. The van der Waals surface area contributed by atoms with Crippen molar-refractivity contribution in [2.24, 2.45) is 5.92 Å². The van der Waals surface area contributed by atoms with E-state index in [-0.39, 0.29) is 12.3 Å². The Morgan fingerprint density at radius 3 is 2.09 bits per heavy atom. The molecular weight excluding hydrogens is 434 g/mol. The van der Waals surface area contributed by atoms with Crippen LogP contribution in [0.1, 0.15) is 51.7 Å². The maximum atomic E-state index is 12.8. The van der Waals surface area contributed by atoms with Crippen LogP contribution < -0.4 is 9.47 Å². The van der Waals surface area contributed by atoms with Crippen molar-refractivity contribution in [3.63, 3.8) is 0 Å². The van der Waals surface area contributed by atoms with Gasteiger partial charge in [-0.3, -0.25) is 0 Å². The minimum absolute atomic E-state index is 0.280. The molecule has 0 radical (unpaired) electrons. The molecule has 0 aliphatic carbocycles. The molecule has 0 saturated carbocycles. The highest BCUT2D eigenvalue weighted by molar-refractivity contribution is 5.72. The average molecular weight is 472 g/mol. The fraction of sp³-hybridized carbons (Fsp3) is 0.481. The second kappa shape index (κ2) is 13.6. The molecule has 1 atom stereocenters. The second-order valence-electron chi connectivity index (χ2n) is 8.91. The van der Waals surface area contributed by atoms with Crippen LogP contribution in [-0.4, -0.2) is 54.5 Å². The van der Waals surface area contributed by atoms with Crippen molar-refractivity contribution in [2.45, 2.75) is 53.1 Å². The lowest BCUT2D eigenvalue weighted by Crippen LogP contribution is -2.39. The van der Waals surface area contributed by atoms with Crippen LogP contribution in [0.5, 0.6) is 11.5 Å². The van der Waals surface area contributed by atoms with Crippen LogP contribution in [-0.2, 0) is 16.0 Å². The van der Waals surface area contributed by atoms with Crippen LogP contribution >= 0.6 is 0 Å². The number of amides is 1. The molecule has 0 fully saturated rings. The van der Waals surface area contributed by atoms with E-state index in [1.54, 1.807) is 24.0 Å². The number of nitrogens with zero attached hydrogens (tertiary/aromatic N) is 1. The van der Waals surface area contributed by atoms with Gasteiger partial charge < -0.3 is 24.2 Å². The van der Waals surface area contributed by atoms with E-state index in [2.05, 4.69) is 13.8 Å². The van der Waals surface area contributed by atoms with Gasteiger partial charge in [0.05, 0.1) is 6.54 Å². The molecule has 0 aromatic heterocycles. The van der Waals surface area contributed by atoms with Crippen LogP contribution in [0, 0.1) is 5.92 Å². The molecule has 0 bridgehead atoms. The predicted molar refractivity (Wildman–Crippen MR) is 132 cm³/mol. The summed E-state index contributed by atoms with van der Waals surface area (Å²) in [6.07, 6.45) is -0.982. The van der Waals surface area contributed by atoms with Crippen molar-refractivity contribution in [1.29, 1.82) is 0 Å². The summed E-state index contributed by atoms with van der Waals surface area (Å²) in [5.74, 6) is 0.884. The van der Waals surface area contributed by atoms with Crippen molar-refractivity contribution < 1.29 is 28.9 Å². The zero-order valence-electron chi connectivity index (χ0n) is 20.8. The Bertz CT molecular complexity index is 892. The molecule has 2 aromatic carbocycles. The molecule has 0 saturated heterocycles. The van der Waals surface area contributed by atoms with Gasteiger partial charge in [0, 0.05) is 19.6 Å². The molecule has 1 amide bonds. The Balaban J connectivity index is 1.90. The monoisotopic (exact) mass is 471 g/mol. The largest absolute Gasteiger partial charge is 0.492 e. The number of carbonyl (C=O) groups is 2. The number of carboxylic acids is 1. The van der Waals surface area contributed by atoms with E-state index in [9.17, 15) is 14.7 Å². The summed E-state index contributed by atoms with van der Waals surface area (Å²) in [5.41, 5.74) is 2.04. The van der Waals surface area contributed by atoms with Gasteiger partial charge in [0.25, 0.3) is 0 Å². The summed E-state index contributed by atoms with van der Waals surface area (Å²) in [4.78, 5) is 25.7. The van der Waals surface area contributed by atoms with E-state index in [4.69, 9.17) is 14.2 Å². The van der Waals surface area contributed by atoms with Gasteiger partial charge in [-0.05, 0) is 54.2 Å². The molecule has 7 nitrogen and oxygen atoms in total. The normalized spacial score (nSPS) is 12.0. The summed E-state index contributed by atoms with van der Waals surface area (Å²) in [6.45, 7) is 11.7. The van der Waals surface area contributed by atoms with E-state index in [0.29, 0.717) is 43.7 Å². The van der Waals surface area contributed by atoms with Gasteiger partial charge in [0.15, 0.2) is 6.10 Å². The van der Waals surface area contributed by atoms with Crippen molar-refractivity contribution in [2.75, 3.05) is 26.3 Å². The fourth-order valence-electron chi connectivity index (χ4n) is 3.41. The Morgan fingerprint density at radius 2 is 1.56 bits per heavy atom. The van der Waals surface area contributed by atoms with Gasteiger partial charge in [-0.1, -0.05) is 52.0 Å². The highest BCUT2D eigenvalue weighted by Crippen LogP contribution is 2.20. The number of benzene rings is 2. The lowest BCUT2D eigenvalue weighted by Gasteiger charge is -2.24. The Morgan fingerprint density at radius 1 is 0.941 bits per heavy atom. The minimum Gasteiger partial charge on any atom is -0.492 e. The highest BCUT2D eigenvalue weighted by atomic mass is 16.6. The summed E-state index contributed by atoms with van der Waals surface area (Å²) < 4.78 is 16.7. The number of ether oxygens (including phenoxy) is 3. The zero-order valence-corrected chi connectivity index (χ0v) is 20.8. The maximum absolute atomic E-state index is 12.8. The first-order chi connectivity index (χ1) is 16.2. The molecule has 0 heterocycles. The van der Waals surface area contributed by atoms with E-state index in [1.165, 1.54) is 5.56 Å². The van der Waals surface area contributed by atoms with Gasteiger partial charge in [-0.2, -0.15) is 0 Å². The van der Waals surface area contributed by atoms with Crippen LogP contribution in [0.3, 0.4) is 0 Å². The van der Waals surface area contributed by atoms with Gasteiger partial charge in [-0.25, -0.2) is 9.59 Å². The molecule has 0 aliphatic rings. The quantitative estimate of drug-likeness (QED) is 0.422. The number of carboxylic acid groups (broad SMARTS) is 1. The van der Waals surface area contributed by atoms with Gasteiger partial charge >= 0.3 is 12.1 Å². The highest BCUT2D eigenvalue weighted by Gasteiger charge is 2.19. The Hall–Kier alpha value is -3.06. The number of aliphatic carboxylic acids is 1. The molecule has 0 spiro atoms. The van der Waals surface area contributed by atoms with Gasteiger partial charge in [0.1, 0.15) is 18.1 Å². The van der Waals surface area contributed by atoms with Crippen LogP contribution in [0.15, 0.2) is 48.5 Å². The van der Waals surface area contributed by atoms with E-state index in [1.807, 2.05) is 50.2 Å². The van der Waals surface area contributed by atoms with Crippen LogP contribution in [0.25, 0.3) is 0 Å². The SMILES string of the molecule is CCOC(Cc1ccc(OCCN(CC(C)C)C(=O)Oc2ccc(C(C)C)cc2)cc1)C(=O)O. The number of hydrogen-bond acceptors (Lipinski definition) is 5. The average Bonchev–Trinajstić information content (AvgIpc) is 2.79. The standard InChI is InChI=1S/C27H37NO6/c1-6-32-25(26(29)30)17-21-7-11-23(12-8-21)33-16-15-28(18-19(2)3)27(31)34-24-13-9-22(10-14-24)20(4)5/h7-14,19-20,25H,6,15-18H2,1-5H3,(H,29,30). The van der Waals surface area contributed by atoms with E-state index >= 15 is 0 Å². The molecule has 2 aromatic rings. The zero-order chi connectivity index (χ0) is 25.1. The summed E-state index contributed by atoms with van der Waals surface area (Å²) >= 11 is 0. The minimum atomic E-state index is -0.977. The van der Waals surface area contributed by atoms with Crippen molar-refractivity contribution >= 4 is 12.1 Å². The van der Waals surface area contributed by atoms with Gasteiger partial charge in [-0.15, -0.1) is 0 Å². The first-order valence-corrected chi connectivity index (χ1v) is 11.8. The van der Waals surface area contributed by atoms with Crippen LogP contribution in [0.2, 0.25) is 0 Å². The Kier molecular flexibility index (Phi) is 10.9. The van der Waals surface area contributed by atoms with E-state index < -0.39 is 18.2 Å². The molecular formula is C27H37NO6. The summed E-state index contributed by atoms with van der Waals surface area (Å²) in [6, 6.07) is 14.8. The molecule has 1 unspecified atom stereocenters. The lowest BCUT2D eigenvalue weighted by atomic mass is 10.0. The third-order valence-electron chi connectivity index (χ3n) is 5.21. The topological polar surface area (TPSA) is 85.3 Å². The molecule has 2 rings (SSSR count). The fourth-order valence-corrected chi connectivity index (χ4v) is 3.41. The number of hydrogen-bond donors (Lipinski definition) is 1. The smallest absolute Gasteiger partial charge is 0.415 e. The van der Waals surface area contributed by atoms with Crippen LogP contribution in [0.4, 0.5) is 4.79 Å². The van der Waals surface area contributed by atoms with Crippen molar-refractivity contribution in [3.8, 4) is 11.5 Å². The van der Waals surface area contributed by atoms with Crippen molar-refractivity contribution in [1.82, 2.24) is 4.90 Å². The molecule has 34 heavy (non-hydrogen) atoms. The number of carbonyl (C=O) groups excluding carboxylic acids is 1. The van der Waals surface area contributed by atoms with E-state index in [0.717, 1.165) is 5.56 Å². The Labute approximate surface area is 202 Å². The second-order valence-corrected chi connectivity index (χ2v) is 8.91. The summed E-state index contributed by atoms with van der Waals surface area (Å²) in [5, 5.41) is 9.23. The van der Waals surface area contributed by atoms with Gasteiger partial charge in [0.2, 0.25) is 0 Å². The van der Waals surface area contributed by atoms with Crippen molar-refractivity contribution in [3.05, 3.63) is 59.7 Å². The third kappa shape index (κ3) is 9.06. The third-order valence-corrected chi connectivity index (χ3v) is 5.21. The molecule has 1 N–H and O–H groups in total. The molecule has 0 aliphatic heterocycles. The first kappa shape index (κ1) is 27.2. The predicted octanol–water partition coefficient (Wildman–Crippen LogP) is 5.38. The lowest BCUT2D eigenvalue weighted by molar-refractivity contribution is -0.149. The molecule has 7 heteroatoms. The number of rotatable bonds is 13.